The van der Waals surface area contributed by atoms with Crippen molar-refractivity contribution in [2.24, 2.45) is 0 Å². The third-order valence-corrected chi connectivity index (χ3v) is 7.26. The van der Waals surface area contributed by atoms with Crippen LogP contribution < -0.4 is 14.4 Å². The Kier molecular flexibility index (Phi) is 7.93. The van der Waals surface area contributed by atoms with Gasteiger partial charge < -0.3 is 10.1 Å². The van der Waals surface area contributed by atoms with Gasteiger partial charge in [0.2, 0.25) is 5.91 Å². The zero-order valence-electron chi connectivity index (χ0n) is 17.9. The van der Waals surface area contributed by atoms with Crippen molar-refractivity contribution in [3.8, 4) is 5.75 Å². The molecule has 0 spiro atoms. The summed E-state index contributed by atoms with van der Waals surface area (Å²) in [6.45, 7) is 1.61. The third kappa shape index (κ3) is 5.69. The van der Waals surface area contributed by atoms with Gasteiger partial charge in [0.1, 0.15) is 12.3 Å². The lowest BCUT2D eigenvalue weighted by Gasteiger charge is -2.26. The predicted molar refractivity (Wildman–Crippen MR) is 129 cm³/mol. The van der Waals surface area contributed by atoms with Crippen molar-refractivity contribution in [3.05, 3.63) is 88.9 Å². The number of carbonyl (C=O) groups excluding carboxylic acids is 1. The largest absolute Gasteiger partial charge is 0.497 e. The number of halogens is 1. The molecule has 0 saturated carbocycles. The molecule has 32 heavy (non-hydrogen) atoms. The number of ether oxygens (including phenoxy) is 1. The Morgan fingerprint density at radius 3 is 2.31 bits per heavy atom. The highest BCUT2D eigenvalue weighted by Gasteiger charge is 2.28. The highest BCUT2D eigenvalue weighted by Crippen LogP contribution is 2.26. The van der Waals surface area contributed by atoms with E-state index in [0.29, 0.717) is 16.6 Å². The zero-order valence-corrected chi connectivity index (χ0v) is 20.3. The fourth-order valence-electron chi connectivity index (χ4n) is 3.29. The van der Waals surface area contributed by atoms with Gasteiger partial charge in [0, 0.05) is 4.47 Å². The summed E-state index contributed by atoms with van der Waals surface area (Å²) in [5, 5.41) is 2.96. The maximum absolute atomic E-state index is 13.4. The number of anilines is 1. The lowest BCUT2D eigenvalue weighted by Crippen LogP contribution is -2.42. The lowest BCUT2D eigenvalue weighted by atomic mass is 10.0. The molecule has 0 heterocycles. The van der Waals surface area contributed by atoms with E-state index in [1.165, 1.54) is 12.1 Å². The van der Waals surface area contributed by atoms with E-state index < -0.39 is 15.9 Å². The molecule has 1 N–H and O–H groups in total. The minimum Gasteiger partial charge on any atom is -0.497 e. The smallest absolute Gasteiger partial charge is 0.264 e. The van der Waals surface area contributed by atoms with Crippen molar-refractivity contribution in [1.82, 2.24) is 5.32 Å². The molecule has 0 aliphatic rings. The van der Waals surface area contributed by atoms with E-state index in [9.17, 15) is 13.2 Å². The third-order valence-electron chi connectivity index (χ3n) is 4.98. The van der Waals surface area contributed by atoms with Gasteiger partial charge in [-0.1, -0.05) is 59.3 Å². The molecular formula is C24H25BrN2O4S. The maximum Gasteiger partial charge on any atom is 0.264 e. The van der Waals surface area contributed by atoms with Gasteiger partial charge in [-0.15, -0.1) is 0 Å². The van der Waals surface area contributed by atoms with Crippen LogP contribution in [0.5, 0.6) is 5.75 Å². The number of amides is 1. The van der Waals surface area contributed by atoms with Gasteiger partial charge in [0.25, 0.3) is 10.0 Å². The molecule has 1 atom stereocenters. The number of methoxy groups -OCH3 is 1. The van der Waals surface area contributed by atoms with Crippen molar-refractivity contribution in [1.29, 1.82) is 0 Å². The second-order valence-corrected chi connectivity index (χ2v) is 9.88. The number of carbonyl (C=O) groups is 1. The quantitative estimate of drug-likeness (QED) is 0.437. The van der Waals surface area contributed by atoms with E-state index in [1.807, 2.05) is 31.2 Å². The summed E-state index contributed by atoms with van der Waals surface area (Å²) < 4.78 is 33.8. The number of benzene rings is 3. The first-order valence-electron chi connectivity index (χ1n) is 10.1. The maximum atomic E-state index is 13.4. The van der Waals surface area contributed by atoms with Crippen LogP contribution in [0.3, 0.4) is 0 Å². The predicted octanol–water partition coefficient (Wildman–Crippen LogP) is 4.92. The zero-order chi connectivity index (χ0) is 23.1. The summed E-state index contributed by atoms with van der Waals surface area (Å²) in [7, 11) is -2.35. The summed E-state index contributed by atoms with van der Waals surface area (Å²) in [6, 6.07) is 22.2. The van der Waals surface area contributed by atoms with Crippen LogP contribution in [0, 0.1) is 0 Å². The van der Waals surface area contributed by atoms with Crippen LogP contribution in [0.1, 0.15) is 24.9 Å². The Labute approximate surface area is 197 Å². The van der Waals surface area contributed by atoms with Gasteiger partial charge in [0.05, 0.1) is 23.7 Å². The second-order valence-electron chi connectivity index (χ2n) is 7.11. The molecule has 3 rings (SSSR count). The van der Waals surface area contributed by atoms with Crippen molar-refractivity contribution in [2.75, 3.05) is 18.0 Å². The van der Waals surface area contributed by atoms with Gasteiger partial charge in [-0.05, 0) is 54.4 Å². The van der Waals surface area contributed by atoms with Crippen LogP contribution in [-0.2, 0) is 14.8 Å². The van der Waals surface area contributed by atoms with Gasteiger partial charge in [-0.2, -0.15) is 0 Å². The lowest BCUT2D eigenvalue weighted by molar-refractivity contribution is -0.120. The van der Waals surface area contributed by atoms with E-state index >= 15 is 0 Å². The van der Waals surface area contributed by atoms with Crippen molar-refractivity contribution in [3.63, 3.8) is 0 Å². The minimum atomic E-state index is -3.95. The van der Waals surface area contributed by atoms with Crippen molar-refractivity contribution >= 4 is 37.5 Å². The van der Waals surface area contributed by atoms with E-state index in [-0.39, 0.29) is 17.5 Å². The molecule has 3 aromatic carbocycles. The number of nitrogens with one attached hydrogen (secondary N) is 1. The first kappa shape index (κ1) is 23.8. The average Bonchev–Trinajstić information content (AvgIpc) is 2.81. The molecule has 3 aromatic rings. The van der Waals surface area contributed by atoms with E-state index in [1.54, 1.807) is 49.6 Å². The molecular weight excluding hydrogens is 492 g/mol. The van der Waals surface area contributed by atoms with Crippen LogP contribution in [0.25, 0.3) is 0 Å². The molecule has 0 fully saturated rings. The van der Waals surface area contributed by atoms with Crippen LogP contribution >= 0.6 is 15.9 Å². The molecule has 1 unspecified atom stereocenters. The fourth-order valence-corrected chi connectivity index (χ4v) is 5.11. The molecule has 0 radical (unpaired) electrons. The van der Waals surface area contributed by atoms with Gasteiger partial charge in [-0.25, -0.2) is 8.42 Å². The number of hydrogen-bond acceptors (Lipinski definition) is 4. The highest BCUT2D eigenvalue weighted by molar-refractivity contribution is 9.10. The summed E-state index contributed by atoms with van der Waals surface area (Å²) in [4.78, 5) is 13.1. The fraction of sp³-hybridized carbons (Fsp3) is 0.208. The molecule has 6 nitrogen and oxygen atoms in total. The SMILES string of the molecule is CCC(NC(=O)CN(c1cccc(Br)c1)S(=O)(=O)c1ccccc1)c1ccc(OC)cc1. The molecule has 0 bridgehead atoms. The number of rotatable bonds is 9. The van der Waals surface area contributed by atoms with Crippen LogP contribution in [-0.4, -0.2) is 28.0 Å². The van der Waals surface area contributed by atoms with Crippen LogP contribution in [0.2, 0.25) is 0 Å². The summed E-state index contributed by atoms with van der Waals surface area (Å²) in [5.41, 5.74) is 1.32. The van der Waals surface area contributed by atoms with Gasteiger partial charge in [-0.3, -0.25) is 9.10 Å². The first-order valence-corrected chi connectivity index (χ1v) is 12.3. The normalized spacial score (nSPS) is 12.1. The summed E-state index contributed by atoms with van der Waals surface area (Å²) in [5.74, 6) is 0.330. The Balaban J connectivity index is 1.87. The monoisotopic (exact) mass is 516 g/mol. The van der Waals surface area contributed by atoms with Crippen molar-refractivity contribution < 1.29 is 17.9 Å². The van der Waals surface area contributed by atoms with E-state index in [2.05, 4.69) is 21.2 Å². The van der Waals surface area contributed by atoms with Gasteiger partial charge >= 0.3 is 0 Å². The average molecular weight is 517 g/mol. The standard InChI is InChI=1S/C24H25BrN2O4S/c1-3-23(18-12-14-21(31-2)15-13-18)26-24(28)17-27(20-9-7-8-19(25)16-20)32(29,30)22-10-5-4-6-11-22/h4-16,23H,3,17H2,1-2H3,(H,26,28). The Morgan fingerprint density at radius 1 is 1.03 bits per heavy atom. The summed E-state index contributed by atoms with van der Waals surface area (Å²) >= 11 is 3.38. The number of sulfonamides is 1. The second kappa shape index (κ2) is 10.7. The van der Waals surface area contributed by atoms with E-state index in [4.69, 9.17) is 4.74 Å². The van der Waals surface area contributed by atoms with Crippen LogP contribution in [0.15, 0.2) is 88.2 Å². The molecule has 1 amide bonds. The van der Waals surface area contributed by atoms with E-state index in [0.717, 1.165) is 15.6 Å². The first-order chi connectivity index (χ1) is 15.3. The van der Waals surface area contributed by atoms with Crippen molar-refractivity contribution in [2.45, 2.75) is 24.3 Å². The van der Waals surface area contributed by atoms with Gasteiger partial charge in [0.15, 0.2) is 0 Å². The summed E-state index contributed by atoms with van der Waals surface area (Å²) in [6.07, 6.45) is 0.653. The molecule has 0 aromatic heterocycles. The Bertz CT molecular complexity index is 1150. The number of nitrogens with zero attached hydrogens (tertiary/aromatic N) is 1. The molecule has 168 valence electrons. The molecule has 8 heteroatoms. The Morgan fingerprint density at radius 2 is 1.72 bits per heavy atom. The highest BCUT2D eigenvalue weighted by atomic mass is 79.9. The minimum absolute atomic E-state index is 0.120. The molecule has 0 aliphatic carbocycles. The topological polar surface area (TPSA) is 75.7 Å². The number of hydrogen-bond donors (Lipinski definition) is 1. The Hall–Kier alpha value is -2.84. The van der Waals surface area contributed by atoms with Crippen LogP contribution in [0.4, 0.5) is 5.69 Å². The molecule has 0 aliphatic heterocycles. The molecule has 0 saturated heterocycles.